The van der Waals surface area contributed by atoms with E-state index >= 15 is 0 Å². The van der Waals surface area contributed by atoms with Crippen LogP contribution in [-0.4, -0.2) is 25.0 Å². The third kappa shape index (κ3) is 7.35. The van der Waals surface area contributed by atoms with Crippen LogP contribution in [0.2, 0.25) is 0 Å². The Morgan fingerprint density at radius 2 is 1.56 bits per heavy atom. The van der Waals surface area contributed by atoms with E-state index in [9.17, 15) is 14.9 Å². The summed E-state index contributed by atoms with van der Waals surface area (Å²) in [5, 5.41) is 12.0. The monoisotopic (exact) mass is 454 g/mol. The summed E-state index contributed by atoms with van der Waals surface area (Å²) >= 11 is 0. The van der Waals surface area contributed by atoms with Crippen LogP contribution in [0.15, 0.2) is 84.4 Å². The van der Waals surface area contributed by atoms with Gasteiger partial charge < -0.3 is 14.8 Å². The highest BCUT2D eigenvalue weighted by Gasteiger charge is 2.09. The molecule has 0 saturated carbocycles. The molecule has 0 aliphatic heterocycles. The number of nitrogens with zero attached hydrogens (tertiary/aromatic N) is 1. The molecule has 1 amide bonds. The number of rotatable bonds is 10. The second-order valence-corrected chi connectivity index (χ2v) is 7.50. The van der Waals surface area contributed by atoms with Crippen molar-refractivity contribution in [3.8, 4) is 28.7 Å². The van der Waals surface area contributed by atoms with Crippen molar-refractivity contribution in [1.29, 1.82) is 5.26 Å². The number of esters is 1. The van der Waals surface area contributed by atoms with Gasteiger partial charge in [-0.3, -0.25) is 4.79 Å². The SMILES string of the molecule is CCCCNC(=O)/C(C#N)=C/c1ccc(OC(=O)COc2ccc(-c3ccccc3)cc2)cc1. The second-order valence-electron chi connectivity index (χ2n) is 7.50. The number of hydrogen-bond donors (Lipinski definition) is 1. The van der Waals surface area contributed by atoms with Gasteiger partial charge in [-0.2, -0.15) is 5.26 Å². The number of benzene rings is 3. The molecular formula is C28H26N2O4. The number of unbranched alkanes of at least 4 members (excludes halogenated alkanes) is 1. The normalized spacial score (nSPS) is 10.8. The molecule has 172 valence electrons. The Kier molecular flexibility index (Phi) is 9.00. The Hall–Kier alpha value is -4.37. The van der Waals surface area contributed by atoms with Gasteiger partial charge in [-0.1, -0.05) is 67.9 Å². The van der Waals surface area contributed by atoms with Gasteiger partial charge in [0.05, 0.1) is 0 Å². The lowest BCUT2D eigenvalue weighted by molar-refractivity contribution is -0.136. The summed E-state index contributed by atoms with van der Waals surface area (Å²) in [5.74, 6) is -0.0294. The van der Waals surface area contributed by atoms with Gasteiger partial charge in [0.2, 0.25) is 0 Å². The molecule has 0 aromatic heterocycles. The predicted molar refractivity (Wildman–Crippen MR) is 131 cm³/mol. The molecule has 6 heteroatoms. The first kappa shape index (κ1) is 24.3. The molecule has 0 unspecified atom stereocenters. The topological polar surface area (TPSA) is 88.4 Å². The molecule has 0 fully saturated rings. The van der Waals surface area contributed by atoms with E-state index in [2.05, 4.69) is 5.32 Å². The molecule has 0 atom stereocenters. The maximum atomic E-state index is 12.1. The van der Waals surface area contributed by atoms with Crippen LogP contribution in [-0.2, 0) is 9.59 Å². The van der Waals surface area contributed by atoms with Crippen LogP contribution < -0.4 is 14.8 Å². The lowest BCUT2D eigenvalue weighted by Crippen LogP contribution is -2.25. The fraction of sp³-hybridized carbons (Fsp3) is 0.179. The average molecular weight is 455 g/mol. The lowest BCUT2D eigenvalue weighted by Gasteiger charge is -2.08. The molecular weight excluding hydrogens is 428 g/mol. The Labute approximate surface area is 199 Å². The van der Waals surface area contributed by atoms with E-state index in [0.717, 1.165) is 24.0 Å². The molecule has 0 aliphatic carbocycles. The molecule has 0 bridgehead atoms. The number of hydrogen-bond acceptors (Lipinski definition) is 5. The molecule has 0 radical (unpaired) electrons. The molecule has 0 spiro atoms. The van der Waals surface area contributed by atoms with Gasteiger partial charge in [-0.25, -0.2) is 4.79 Å². The van der Waals surface area contributed by atoms with Crippen molar-refractivity contribution in [2.24, 2.45) is 0 Å². The minimum Gasteiger partial charge on any atom is -0.482 e. The number of carbonyl (C=O) groups is 2. The number of ether oxygens (including phenoxy) is 2. The molecule has 34 heavy (non-hydrogen) atoms. The molecule has 1 N–H and O–H groups in total. The van der Waals surface area contributed by atoms with Crippen LogP contribution in [0.25, 0.3) is 17.2 Å². The van der Waals surface area contributed by atoms with Gasteiger partial charge in [0.1, 0.15) is 23.1 Å². The highest BCUT2D eigenvalue weighted by molar-refractivity contribution is 6.01. The van der Waals surface area contributed by atoms with Gasteiger partial charge in [0.25, 0.3) is 5.91 Å². The zero-order valence-corrected chi connectivity index (χ0v) is 19.0. The van der Waals surface area contributed by atoms with E-state index in [1.807, 2.05) is 67.6 Å². The van der Waals surface area contributed by atoms with E-state index in [0.29, 0.717) is 23.6 Å². The fourth-order valence-corrected chi connectivity index (χ4v) is 3.10. The van der Waals surface area contributed by atoms with Gasteiger partial charge in [-0.15, -0.1) is 0 Å². The minimum atomic E-state index is -0.538. The van der Waals surface area contributed by atoms with Crippen LogP contribution in [0.5, 0.6) is 11.5 Å². The predicted octanol–water partition coefficient (Wildman–Crippen LogP) is 5.16. The Morgan fingerprint density at radius 3 is 2.21 bits per heavy atom. The first-order valence-electron chi connectivity index (χ1n) is 11.1. The van der Waals surface area contributed by atoms with E-state index in [-0.39, 0.29) is 12.2 Å². The molecule has 3 aromatic rings. The summed E-state index contributed by atoms with van der Waals surface area (Å²) in [6, 6.07) is 25.9. The zero-order chi connectivity index (χ0) is 24.2. The maximum absolute atomic E-state index is 12.1. The van der Waals surface area contributed by atoms with Crippen molar-refractivity contribution in [1.82, 2.24) is 5.32 Å². The summed E-state index contributed by atoms with van der Waals surface area (Å²) in [6.45, 7) is 2.32. The summed E-state index contributed by atoms with van der Waals surface area (Å²) in [4.78, 5) is 24.2. The fourth-order valence-electron chi connectivity index (χ4n) is 3.10. The van der Waals surface area contributed by atoms with Crippen molar-refractivity contribution in [3.05, 3.63) is 90.0 Å². The Bertz CT molecular complexity index is 1160. The van der Waals surface area contributed by atoms with E-state index in [4.69, 9.17) is 9.47 Å². The summed E-state index contributed by atoms with van der Waals surface area (Å²) < 4.78 is 10.8. The number of carbonyl (C=O) groups excluding carboxylic acids is 2. The third-order valence-corrected chi connectivity index (χ3v) is 4.92. The molecule has 0 saturated heterocycles. The van der Waals surface area contributed by atoms with E-state index in [1.165, 1.54) is 6.08 Å². The molecule has 0 heterocycles. The maximum Gasteiger partial charge on any atom is 0.349 e. The van der Waals surface area contributed by atoms with Crippen LogP contribution in [0.3, 0.4) is 0 Å². The first-order valence-corrected chi connectivity index (χ1v) is 11.1. The van der Waals surface area contributed by atoms with Crippen molar-refractivity contribution in [3.63, 3.8) is 0 Å². The molecule has 3 rings (SSSR count). The number of amides is 1. The lowest BCUT2D eigenvalue weighted by atomic mass is 10.1. The summed E-state index contributed by atoms with van der Waals surface area (Å²) in [5.41, 5.74) is 2.83. The zero-order valence-electron chi connectivity index (χ0n) is 19.0. The van der Waals surface area contributed by atoms with Crippen molar-refractivity contribution in [2.75, 3.05) is 13.2 Å². The largest absolute Gasteiger partial charge is 0.482 e. The van der Waals surface area contributed by atoms with Gasteiger partial charge in [0.15, 0.2) is 6.61 Å². The molecule has 0 aliphatic rings. The highest BCUT2D eigenvalue weighted by atomic mass is 16.6. The van der Waals surface area contributed by atoms with E-state index in [1.54, 1.807) is 24.3 Å². The van der Waals surface area contributed by atoms with Gasteiger partial charge in [-0.05, 0) is 53.5 Å². The van der Waals surface area contributed by atoms with Crippen molar-refractivity contribution < 1.29 is 19.1 Å². The van der Waals surface area contributed by atoms with Crippen LogP contribution in [0.4, 0.5) is 0 Å². The summed E-state index contributed by atoms with van der Waals surface area (Å²) in [7, 11) is 0. The third-order valence-electron chi connectivity index (χ3n) is 4.92. The number of nitriles is 1. The molecule has 6 nitrogen and oxygen atoms in total. The minimum absolute atomic E-state index is 0.0209. The van der Waals surface area contributed by atoms with Crippen molar-refractivity contribution >= 4 is 18.0 Å². The van der Waals surface area contributed by atoms with Gasteiger partial charge in [0, 0.05) is 6.54 Å². The smallest absolute Gasteiger partial charge is 0.349 e. The number of nitrogens with one attached hydrogen (secondary N) is 1. The standard InChI is InChI=1S/C28H26N2O4/c1-2-3-17-30-28(32)24(19-29)18-21-9-13-26(14-10-21)34-27(31)20-33-25-15-11-23(12-16-25)22-7-5-4-6-8-22/h4-16,18H,2-3,17,20H2,1H3,(H,30,32)/b24-18+. The van der Waals surface area contributed by atoms with E-state index < -0.39 is 11.9 Å². The summed E-state index contributed by atoms with van der Waals surface area (Å²) in [6.07, 6.45) is 3.31. The van der Waals surface area contributed by atoms with Crippen LogP contribution in [0.1, 0.15) is 25.3 Å². The Morgan fingerprint density at radius 1 is 0.912 bits per heavy atom. The second kappa shape index (κ2) is 12.6. The Balaban J connectivity index is 1.50. The van der Waals surface area contributed by atoms with Crippen LogP contribution >= 0.6 is 0 Å². The highest BCUT2D eigenvalue weighted by Crippen LogP contribution is 2.22. The van der Waals surface area contributed by atoms with Crippen LogP contribution in [0, 0.1) is 11.3 Å². The average Bonchev–Trinajstić information content (AvgIpc) is 2.88. The van der Waals surface area contributed by atoms with Gasteiger partial charge >= 0.3 is 5.97 Å². The molecule has 3 aromatic carbocycles. The first-order chi connectivity index (χ1) is 16.6. The quantitative estimate of drug-likeness (QED) is 0.150. The van der Waals surface area contributed by atoms with Crippen molar-refractivity contribution in [2.45, 2.75) is 19.8 Å².